The lowest BCUT2D eigenvalue weighted by molar-refractivity contribution is -0.349. The van der Waals surface area contributed by atoms with E-state index in [0.29, 0.717) is 56.5 Å². The second-order valence-corrected chi connectivity index (χ2v) is 12.6. The Hall–Kier alpha value is -1.85. The molecule has 250 valence electrons. The minimum Gasteiger partial charge on any atom is -0.399 e. The van der Waals surface area contributed by atoms with E-state index in [1.807, 2.05) is 0 Å². The van der Waals surface area contributed by atoms with Crippen molar-refractivity contribution in [3.05, 3.63) is 41.5 Å². The van der Waals surface area contributed by atoms with Crippen molar-refractivity contribution in [2.75, 3.05) is 13.2 Å². The lowest BCUT2D eigenvalue weighted by Crippen LogP contribution is -2.40. The molecule has 4 nitrogen and oxygen atoms in total. The highest BCUT2D eigenvalue weighted by Gasteiger charge is 2.45. The normalized spacial score (nSPS) is 28.8. The van der Waals surface area contributed by atoms with Gasteiger partial charge in [0.25, 0.3) is 0 Å². The van der Waals surface area contributed by atoms with E-state index in [1.54, 1.807) is 0 Å². The maximum absolute atomic E-state index is 15.0. The summed E-state index contributed by atoms with van der Waals surface area (Å²) in [4.78, 5) is 0. The first-order chi connectivity index (χ1) is 20.9. The van der Waals surface area contributed by atoms with Crippen LogP contribution in [0.4, 0.5) is 30.7 Å². The first-order valence-electron chi connectivity index (χ1n) is 16.1. The Kier molecular flexibility index (Phi) is 12.8. The molecule has 4 rings (SSSR count). The highest BCUT2D eigenvalue weighted by Crippen LogP contribution is 2.42. The van der Waals surface area contributed by atoms with Crippen molar-refractivity contribution in [3.63, 3.8) is 0 Å². The van der Waals surface area contributed by atoms with E-state index in [1.165, 1.54) is 0 Å². The van der Waals surface area contributed by atoms with E-state index in [0.717, 1.165) is 57.3 Å². The molecule has 0 bridgehead atoms. The van der Waals surface area contributed by atoms with Crippen molar-refractivity contribution < 1.29 is 49.7 Å². The van der Waals surface area contributed by atoms with Crippen LogP contribution in [0.15, 0.2) is 24.3 Å². The molecule has 1 aromatic rings. The smallest absolute Gasteiger partial charge is 0.399 e. The van der Waals surface area contributed by atoms with Crippen molar-refractivity contribution in [2.24, 2.45) is 23.7 Å². The number of alkyl halides is 5. The van der Waals surface area contributed by atoms with Crippen LogP contribution in [0.3, 0.4) is 0 Å². The zero-order chi connectivity index (χ0) is 31.7. The van der Waals surface area contributed by atoms with Crippen LogP contribution in [-0.2, 0) is 20.6 Å². The maximum Gasteiger partial charge on any atom is 0.573 e. The number of aryl methyl sites for hydroxylation is 1. The molecule has 0 amide bonds. The number of hydrogen-bond acceptors (Lipinski definition) is 4. The van der Waals surface area contributed by atoms with Gasteiger partial charge in [0, 0.05) is 6.61 Å². The summed E-state index contributed by atoms with van der Waals surface area (Å²) in [6.45, 7) is 3.14. The summed E-state index contributed by atoms with van der Waals surface area (Å²) >= 11 is 0. The molecule has 1 saturated heterocycles. The number of benzene rings is 1. The fourth-order valence-corrected chi connectivity index (χ4v) is 6.52. The Labute approximate surface area is 255 Å². The van der Waals surface area contributed by atoms with Crippen LogP contribution >= 0.6 is 0 Å². The van der Waals surface area contributed by atoms with Crippen LogP contribution in [0.2, 0.25) is 0 Å². The molecule has 0 aromatic heterocycles. The average Bonchev–Trinajstić information content (AvgIpc) is 2.98. The largest absolute Gasteiger partial charge is 0.573 e. The standard InChI is InChI=1S/C33H45F7O4/c1-2-3-18-41-27-15-10-23(11-16-27)5-4-22-8-13-26(14-9-22)32(36,37)43-30-17-12-24(21-42-30)6-7-25-19-28(34)31(29(35)20-25)44-33(38,39)40/h4-5,19-20,22-24,26-27,30H,2-3,6-18,21H2,1H3/b5-4+. The van der Waals surface area contributed by atoms with Crippen molar-refractivity contribution in [3.8, 4) is 5.75 Å². The lowest BCUT2D eigenvalue weighted by atomic mass is 9.80. The summed E-state index contributed by atoms with van der Waals surface area (Å²) in [5, 5.41) is 0. The molecule has 0 N–H and O–H groups in total. The minimum absolute atomic E-state index is 0.0634. The van der Waals surface area contributed by atoms with Gasteiger partial charge in [-0.2, -0.15) is 8.78 Å². The van der Waals surface area contributed by atoms with Gasteiger partial charge in [-0.05, 0) is 119 Å². The van der Waals surface area contributed by atoms with Crippen molar-refractivity contribution in [2.45, 2.75) is 122 Å². The topological polar surface area (TPSA) is 36.9 Å². The number of unbranched alkanes of at least 4 members (excludes halogenated alkanes) is 1. The fourth-order valence-electron chi connectivity index (χ4n) is 6.52. The van der Waals surface area contributed by atoms with Gasteiger partial charge in [-0.3, -0.25) is 4.74 Å². The predicted molar refractivity (Wildman–Crippen MR) is 151 cm³/mol. The van der Waals surface area contributed by atoms with E-state index < -0.39 is 42.1 Å². The van der Waals surface area contributed by atoms with Gasteiger partial charge in [0.15, 0.2) is 17.9 Å². The van der Waals surface area contributed by atoms with Gasteiger partial charge < -0.3 is 14.2 Å². The Balaban J connectivity index is 1.13. The van der Waals surface area contributed by atoms with Gasteiger partial charge in [-0.25, -0.2) is 8.78 Å². The van der Waals surface area contributed by atoms with E-state index in [2.05, 4.69) is 23.8 Å². The zero-order valence-corrected chi connectivity index (χ0v) is 25.4. The molecule has 2 aliphatic carbocycles. The van der Waals surface area contributed by atoms with Crippen LogP contribution in [-0.4, -0.2) is 38.1 Å². The number of hydrogen-bond donors (Lipinski definition) is 0. The van der Waals surface area contributed by atoms with Gasteiger partial charge >= 0.3 is 12.5 Å². The van der Waals surface area contributed by atoms with E-state index in [9.17, 15) is 22.0 Å². The third-order valence-electron chi connectivity index (χ3n) is 9.21. The zero-order valence-electron chi connectivity index (χ0n) is 25.4. The van der Waals surface area contributed by atoms with Gasteiger partial charge in [-0.1, -0.05) is 25.5 Å². The van der Waals surface area contributed by atoms with Crippen molar-refractivity contribution in [1.82, 2.24) is 0 Å². The van der Waals surface area contributed by atoms with Gasteiger partial charge in [0.05, 0.1) is 18.6 Å². The third-order valence-corrected chi connectivity index (χ3v) is 9.21. The molecule has 0 radical (unpaired) electrons. The van der Waals surface area contributed by atoms with Gasteiger partial charge in [-0.15, -0.1) is 13.2 Å². The summed E-state index contributed by atoms with van der Waals surface area (Å²) < 4.78 is 115. The van der Waals surface area contributed by atoms with Crippen molar-refractivity contribution >= 4 is 0 Å². The third kappa shape index (κ3) is 10.9. The van der Waals surface area contributed by atoms with E-state index in [4.69, 9.17) is 14.2 Å². The molecule has 1 aromatic carbocycles. The first-order valence-corrected chi connectivity index (χ1v) is 16.1. The number of rotatable bonds is 13. The Morgan fingerprint density at radius 3 is 2.00 bits per heavy atom. The summed E-state index contributed by atoms with van der Waals surface area (Å²) in [7, 11) is 0. The molecule has 3 aliphatic rings. The van der Waals surface area contributed by atoms with Crippen LogP contribution < -0.4 is 4.74 Å². The molecule has 3 fully saturated rings. The Morgan fingerprint density at radius 2 is 1.45 bits per heavy atom. The van der Waals surface area contributed by atoms with Crippen LogP contribution in [0, 0.1) is 35.3 Å². The van der Waals surface area contributed by atoms with Crippen molar-refractivity contribution in [1.29, 1.82) is 0 Å². The van der Waals surface area contributed by atoms with E-state index in [-0.39, 0.29) is 30.9 Å². The molecule has 0 spiro atoms. The molecule has 2 saturated carbocycles. The quantitative estimate of drug-likeness (QED) is 0.122. The summed E-state index contributed by atoms with van der Waals surface area (Å²) in [6.07, 6.45) is 5.54. The highest BCUT2D eigenvalue weighted by molar-refractivity contribution is 5.31. The molecule has 2 unspecified atom stereocenters. The molecule has 11 heteroatoms. The summed E-state index contributed by atoms with van der Waals surface area (Å²) in [6, 6.07) is 1.61. The minimum atomic E-state index is -5.21. The Morgan fingerprint density at radius 1 is 0.841 bits per heavy atom. The van der Waals surface area contributed by atoms with Crippen LogP contribution in [0.1, 0.15) is 96.0 Å². The monoisotopic (exact) mass is 638 g/mol. The number of allylic oxidation sites excluding steroid dienone is 2. The summed E-state index contributed by atoms with van der Waals surface area (Å²) in [5.74, 6) is -4.45. The lowest BCUT2D eigenvalue weighted by Gasteiger charge is -2.36. The fraction of sp³-hybridized carbons (Fsp3) is 0.758. The van der Waals surface area contributed by atoms with Gasteiger partial charge in [0.1, 0.15) is 0 Å². The highest BCUT2D eigenvalue weighted by atomic mass is 19.4. The molecular formula is C33H45F7O4. The summed E-state index contributed by atoms with van der Waals surface area (Å²) in [5.41, 5.74) is 0.171. The number of halogens is 7. The SMILES string of the molecule is CCCCOC1CCC(/C=C/C2CCC(C(F)(F)OC3CCC(CCc4cc(F)c(OC(F)(F)F)c(F)c4)CO3)CC2)CC1. The number of ether oxygens (including phenoxy) is 4. The second kappa shape index (κ2) is 16.1. The van der Waals surface area contributed by atoms with Gasteiger partial charge in [0.2, 0.25) is 5.75 Å². The molecule has 2 atom stereocenters. The molecule has 1 aliphatic heterocycles. The molecule has 44 heavy (non-hydrogen) atoms. The maximum atomic E-state index is 15.0. The second-order valence-electron chi connectivity index (χ2n) is 12.6. The Bertz CT molecular complexity index is 1020. The molecule has 1 heterocycles. The van der Waals surface area contributed by atoms with Crippen LogP contribution in [0.25, 0.3) is 0 Å². The van der Waals surface area contributed by atoms with Crippen LogP contribution in [0.5, 0.6) is 5.75 Å². The molecular weight excluding hydrogens is 593 g/mol. The first kappa shape index (κ1) is 35.0. The van der Waals surface area contributed by atoms with E-state index >= 15 is 8.78 Å². The average molecular weight is 639 g/mol. The predicted octanol–water partition coefficient (Wildman–Crippen LogP) is 9.90.